The van der Waals surface area contributed by atoms with Gasteiger partial charge in [0.25, 0.3) is 0 Å². The molecule has 0 atom stereocenters. The first kappa shape index (κ1) is 41.7. The summed E-state index contributed by atoms with van der Waals surface area (Å²) in [6, 6.07) is 85.0. The molecule has 352 valence electrons. The fourth-order valence-corrected chi connectivity index (χ4v) is 14.2. The minimum Gasteiger partial charge on any atom is -0.456 e. The molecule has 4 aromatic heterocycles. The average molecular weight is 986 g/mol. The first-order valence-electron chi connectivity index (χ1n) is 25.7. The predicted molar refractivity (Wildman–Crippen MR) is 311 cm³/mol. The van der Waals surface area contributed by atoms with E-state index in [0.717, 1.165) is 77.1 Å². The minimum atomic E-state index is -0.438. The van der Waals surface area contributed by atoms with Crippen molar-refractivity contribution in [1.82, 2.24) is 15.0 Å². The molecule has 0 N–H and O–H groups in total. The van der Waals surface area contributed by atoms with Gasteiger partial charge in [0.15, 0.2) is 17.5 Å². The molecular weight excluding hydrogens is 947 g/mol. The molecule has 0 bridgehead atoms. The molecule has 0 aliphatic heterocycles. The van der Waals surface area contributed by atoms with E-state index in [-0.39, 0.29) is 0 Å². The van der Waals surface area contributed by atoms with E-state index in [9.17, 15) is 0 Å². The summed E-state index contributed by atoms with van der Waals surface area (Å²) in [5, 5.41) is 6.24. The van der Waals surface area contributed by atoms with Gasteiger partial charge in [-0.3, -0.25) is 0 Å². The predicted octanol–water partition coefficient (Wildman–Crippen LogP) is 18.7. The second-order valence-electron chi connectivity index (χ2n) is 20.0. The van der Waals surface area contributed by atoms with Gasteiger partial charge in [-0.05, 0) is 109 Å². The summed E-state index contributed by atoms with van der Waals surface area (Å²) in [6.07, 6.45) is 0. The summed E-state index contributed by atoms with van der Waals surface area (Å²) in [4.78, 5) is 16.2. The Kier molecular flexibility index (Phi) is 8.58. The minimum absolute atomic E-state index is 0.438. The second kappa shape index (κ2) is 15.6. The third-order valence-electron chi connectivity index (χ3n) is 16.2. The molecule has 11 aromatic carbocycles. The van der Waals surface area contributed by atoms with Crippen molar-refractivity contribution in [2.45, 2.75) is 5.41 Å². The maximum atomic E-state index is 6.69. The number of hydrogen-bond acceptors (Lipinski definition) is 6. The van der Waals surface area contributed by atoms with Gasteiger partial charge in [0.2, 0.25) is 0 Å². The molecule has 5 nitrogen and oxygen atoms in total. The molecule has 0 saturated heterocycles. The van der Waals surface area contributed by atoms with Gasteiger partial charge in [-0.2, -0.15) is 0 Å². The van der Waals surface area contributed by atoms with Crippen molar-refractivity contribution in [2.75, 3.05) is 0 Å². The molecule has 6 heteroatoms. The van der Waals surface area contributed by atoms with Crippen molar-refractivity contribution in [3.05, 3.63) is 259 Å². The van der Waals surface area contributed by atoms with Crippen molar-refractivity contribution in [3.8, 4) is 78.7 Å². The lowest BCUT2D eigenvalue weighted by molar-refractivity contribution is 0.668. The monoisotopic (exact) mass is 985 g/mol. The van der Waals surface area contributed by atoms with Gasteiger partial charge < -0.3 is 8.83 Å². The highest BCUT2D eigenvalue weighted by molar-refractivity contribution is 7.25. The summed E-state index contributed by atoms with van der Waals surface area (Å²) in [5.41, 5.74) is 20.6. The van der Waals surface area contributed by atoms with Crippen molar-refractivity contribution in [3.63, 3.8) is 0 Å². The van der Waals surface area contributed by atoms with Crippen molar-refractivity contribution >= 4 is 75.4 Å². The Morgan fingerprint density at radius 1 is 0.289 bits per heavy atom. The van der Waals surface area contributed by atoms with E-state index >= 15 is 0 Å². The van der Waals surface area contributed by atoms with Crippen LogP contribution in [0.2, 0.25) is 0 Å². The third kappa shape index (κ3) is 5.71. The smallest absolute Gasteiger partial charge is 0.164 e. The molecule has 0 fully saturated rings. The largest absolute Gasteiger partial charge is 0.456 e. The first-order chi connectivity index (χ1) is 37.7. The molecule has 2 aliphatic rings. The molecule has 15 aromatic rings. The lowest BCUT2D eigenvalue weighted by Crippen LogP contribution is -2.26. The van der Waals surface area contributed by atoms with Crippen molar-refractivity contribution in [2.24, 2.45) is 0 Å². The van der Waals surface area contributed by atoms with Crippen LogP contribution >= 0.6 is 11.3 Å². The van der Waals surface area contributed by atoms with Crippen LogP contribution in [0.1, 0.15) is 22.3 Å². The first-order valence-corrected chi connectivity index (χ1v) is 26.6. The number of rotatable bonds is 5. The fourth-order valence-electron chi connectivity index (χ4n) is 13.1. The highest BCUT2D eigenvalue weighted by Crippen LogP contribution is 2.64. The van der Waals surface area contributed by atoms with Crippen LogP contribution in [0.15, 0.2) is 245 Å². The summed E-state index contributed by atoms with van der Waals surface area (Å²) in [5.74, 6) is 1.73. The number of benzene rings is 11. The molecule has 0 saturated carbocycles. The van der Waals surface area contributed by atoms with Crippen LogP contribution < -0.4 is 0 Å². The zero-order valence-corrected chi connectivity index (χ0v) is 41.4. The average Bonchev–Trinajstić information content (AvgIpc) is 4.48. The van der Waals surface area contributed by atoms with Crippen LogP contribution in [0.3, 0.4) is 0 Å². The number of thiophene rings is 1. The number of hydrogen-bond donors (Lipinski definition) is 0. The number of fused-ring (bicyclic) bond motifs is 19. The van der Waals surface area contributed by atoms with Gasteiger partial charge in [0, 0.05) is 58.4 Å². The van der Waals surface area contributed by atoms with E-state index in [1.165, 1.54) is 70.4 Å². The van der Waals surface area contributed by atoms with E-state index in [2.05, 4.69) is 194 Å². The van der Waals surface area contributed by atoms with Gasteiger partial charge in [0.1, 0.15) is 22.3 Å². The number of para-hydroxylation sites is 1. The van der Waals surface area contributed by atoms with Crippen LogP contribution in [0.25, 0.3) is 143 Å². The van der Waals surface area contributed by atoms with Gasteiger partial charge in [-0.1, -0.05) is 194 Å². The number of nitrogens with zero attached hydrogens (tertiary/aromatic N) is 3. The Bertz CT molecular complexity index is 4770. The molecule has 0 unspecified atom stereocenters. The Labute approximate surface area is 439 Å². The van der Waals surface area contributed by atoms with E-state index in [0.29, 0.717) is 17.5 Å². The summed E-state index contributed by atoms with van der Waals surface area (Å²) >= 11 is 1.79. The number of furan rings is 2. The molecule has 4 heterocycles. The Hall–Kier alpha value is -9.75. The van der Waals surface area contributed by atoms with Gasteiger partial charge >= 0.3 is 0 Å². The van der Waals surface area contributed by atoms with E-state index < -0.39 is 5.41 Å². The maximum absolute atomic E-state index is 6.69. The normalized spacial score (nSPS) is 13.1. The topological polar surface area (TPSA) is 65.0 Å². The van der Waals surface area contributed by atoms with Crippen LogP contribution in [0.4, 0.5) is 0 Å². The van der Waals surface area contributed by atoms with Gasteiger partial charge in [-0.25, -0.2) is 15.0 Å². The van der Waals surface area contributed by atoms with Crippen LogP contribution in [0, 0.1) is 0 Å². The Balaban J connectivity index is 0.828. The summed E-state index contributed by atoms with van der Waals surface area (Å²) in [7, 11) is 0. The highest BCUT2D eigenvalue weighted by Gasteiger charge is 2.52. The standard InChI is InChI=1S/C70H39N3O2S/c1-6-25-54-44(15-1)45-16-2-7-26-55(45)70(54)56-27-8-3-17-46(56)47-21-11-20-43(66(47)70)41-35-33-40(34-36-41)42-37-38-58-53(39-42)64-51(23-13-30-60(64)75-58)68-71-67(50-22-12-29-59-63(50)48-18-4-9-28-57(48)74-59)72-69(73-68)52-24-14-32-62-65(52)49-19-5-10-31-61(49)76-62/h1-39H. The SMILES string of the molecule is c1ccc2c(c1)-c1ccccc1C21c2ccccc2-c2cccc(-c3ccc(-c4ccc5oc6cccc(-c7nc(-c8cccc9oc%10ccccc%10c89)nc(-c8cccc9sc%10ccccc%10c89)n7)c6c5c4)cc3)c21. The van der Waals surface area contributed by atoms with E-state index in [1.54, 1.807) is 11.3 Å². The van der Waals surface area contributed by atoms with Crippen LogP contribution in [-0.4, -0.2) is 15.0 Å². The van der Waals surface area contributed by atoms with Crippen molar-refractivity contribution in [1.29, 1.82) is 0 Å². The molecule has 0 amide bonds. The van der Waals surface area contributed by atoms with Crippen LogP contribution in [-0.2, 0) is 5.41 Å². The summed E-state index contributed by atoms with van der Waals surface area (Å²) < 4.78 is 15.5. The molecular formula is C70H39N3O2S. The zero-order valence-electron chi connectivity index (χ0n) is 40.6. The lowest BCUT2D eigenvalue weighted by atomic mass is 9.68. The van der Waals surface area contributed by atoms with Crippen molar-refractivity contribution < 1.29 is 8.83 Å². The van der Waals surface area contributed by atoms with Gasteiger partial charge in [-0.15, -0.1) is 11.3 Å². The Morgan fingerprint density at radius 3 is 1.39 bits per heavy atom. The lowest BCUT2D eigenvalue weighted by Gasteiger charge is -2.32. The second-order valence-corrected chi connectivity index (χ2v) is 21.1. The van der Waals surface area contributed by atoms with E-state index in [1.807, 2.05) is 42.5 Å². The molecule has 2 aliphatic carbocycles. The number of aromatic nitrogens is 3. The zero-order chi connectivity index (χ0) is 49.6. The molecule has 17 rings (SSSR count). The maximum Gasteiger partial charge on any atom is 0.164 e. The molecule has 1 spiro atoms. The van der Waals surface area contributed by atoms with Crippen LogP contribution in [0.5, 0.6) is 0 Å². The fraction of sp³-hybridized carbons (Fsp3) is 0.0143. The third-order valence-corrected chi connectivity index (χ3v) is 17.3. The quantitative estimate of drug-likeness (QED) is 0.172. The highest BCUT2D eigenvalue weighted by atomic mass is 32.1. The van der Waals surface area contributed by atoms with E-state index in [4.69, 9.17) is 23.8 Å². The summed E-state index contributed by atoms with van der Waals surface area (Å²) in [6.45, 7) is 0. The van der Waals surface area contributed by atoms with Gasteiger partial charge in [0.05, 0.1) is 5.41 Å². The molecule has 0 radical (unpaired) electrons. The Morgan fingerprint density at radius 2 is 0.724 bits per heavy atom. The molecule has 76 heavy (non-hydrogen) atoms.